The molecule has 1 heterocycles. The van der Waals surface area contributed by atoms with Gasteiger partial charge in [-0.05, 0) is 27.3 Å². The lowest BCUT2D eigenvalue weighted by Gasteiger charge is -2.17. The molecule has 80 valence electrons. The minimum Gasteiger partial charge on any atom is -0.337 e. The van der Waals surface area contributed by atoms with Crippen molar-refractivity contribution in [3.63, 3.8) is 0 Å². The Balaban J connectivity index is 2.67. The van der Waals surface area contributed by atoms with Crippen molar-refractivity contribution in [2.75, 3.05) is 7.05 Å². The van der Waals surface area contributed by atoms with E-state index >= 15 is 0 Å². The van der Waals surface area contributed by atoms with Gasteiger partial charge in [-0.2, -0.15) is 4.98 Å². The summed E-state index contributed by atoms with van der Waals surface area (Å²) in [7, 11) is 1.88. The van der Waals surface area contributed by atoms with E-state index in [0.717, 1.165) is 25.1 Å². The highest BCUT2D eigenvalue weighted by atomic mass is 16.5. The molecule has 0 saturated carbocycles. The van der Waals surface area contributed by atoms with Gasteiger partial charge in [0.05, 0.1) is 5.54 Å². The topological polar surface area (TPSA) is 51.0 Å². The van der Waals surface area contributed by atoms with Crippen LogP contribution in [-0.4, -0.2) is 17.2 Å². The molecule has 1 N–H and O–H groups in total. The number of nitrogens with one attached hydrogen (secondary N) is 1. The van der Waals surface area contributed by atoms with Crippen LogP contribution in [0.15, 0.2) is 4.52 Å². The van der Waals surface area contributed by atoms with Gasteiger partial charge in [0.1, 0.15) is 0 Å². The molecule has 1 aromatic heterocycles. The Morgan fingerprint density at radius 1 is 1.43 bits per heavy atom. The number of aromatic nitrogens is 2. The summed E-state index contributed by atoms with van der Waals surface area (Å²) in [5.74, 6) is 1.47. The normalized spacial score (nSPS) is 12.0. The zero-order chi connectivity index (χ0) is 10.6. The van der Waals surface area contributed by atoms with E-state index < -0.39 is 0 Å². The molecule has 0 bridgehead atoms. The van der Waals surface area contributed by atoms with E-state index in [2.05, 4.69) is 22.4 Å². The molecule has 0 fully saturated rings. The zero-order valence-electron chi connectivity index (χ0n) is 9.42. The Hall–Kier alpha value is -0.900. The molecule has 1 aromatic rings. The first-order valence-corrected chi connectivity index (χ1v) is 5.12. The van der Waals surface area contributed by atoms with E-state index in [-0.39, 0.29) is 5.54 Å². The fourth-order valence-electron chi connectivity index (χ4n) is 1.05. The first kappa shape index (κ1) is 11.2. The second-order valence-electron chi connectivity index (χ2n) is 3.99. The molecule has 4 nitrogen and oxygen atoms in total. The van der Waals surface area contributed by atoms with Gasteiger partial charge in [0, 0.05) is 6.42 Å². The molecule has 1 rings (SSSR count). The number of rotatable bonds is 5. The average Bonchev–Trinajstić information content (AvgIpc) is 2.63. The minimum atomic E-state index is -0.239. The van der Waals surface area contributed by atoms with Gasteiger partial charge < -0.3 is 9.84 Å². The van der Waals surface area contributed by atoms with Crippen LogP contribution in [0, 0.1) is 0 Å². The second-order valence-corrected chi connectivity index (χ2v) is 3.99. The Bertz CT molecular complexity index is 281. The maximum absolute atomic E-state index is 5.19. The Labute approximate surface area is 85.1 Å². The van der Waals surface area contributed by atoms with Gasteiger partial charge in [-0.3, -0.25) is 0 Å². The van der Waals surface area contributed by atoms with Gasteiger partial charge in [0.2, 0.25) is 5.89 Å². The molecule has 0 unspecified atom stereocenters. The van der Waals surface area contributed by atoms with Crippen molar-refractivity contribution in [3.05, 3.63) is 11.7 Å². The molecule has 0 spiro atoms. The lowest BCUT2D eigenvalue weighted by Crippen LogP contribution is -2.33. The summed E-state index contributed by atoms with van der Waals surface area (Å²) >= 11 is 0. The number of nitrogens with zero attached hydrogens (tertiary/aromatic N) is 2. The number of hydrogen-bond acceptors (Lipinski definition) is 4. The average molecular weight is 197 g/mol. The summed E-state index contributed by atoms with van der Waals surface area (Å²) in [6.07, 6.45) is 3.16. The Kier molecular flexibility index (Phi) is 3.63. The largest absolute Gasteiger partial charge is 0.337 e. The van der Waals surface area contributed by atoms with Gasteiger partial charge in [0.15, 0.2) is 5.82 Å². The lowest BCUT2D eigenvalue weighted by atomic mass is 10.1. The lowest BCUT2D eigenvalue weighted by molar-refractivity contribution is 0.279. The maximum Gasteiger partial charge on any atom is 0.246 e. The van der Waals surface area contributed by atoms with Crippen molar-refractivity contribution in [2.45, 2.75) is 45.6 Å². The maximum atomic E-state index is 5.19. The second kappa shape index (κ2) is 4.55. The Morgan fingerprint density at radius 3 is 2.71 bits per heavy atom. The molecular formula is C10H19N3O. The molecule has 14 heavy (non-hydrogen) atoms. The van der Waals surface area contributed by atoms with Crippen LogP contribution in [0.5, 0.6) is 0 Å². The van der Waals surface area contributed by atoms with E-state index in [9.17, 15) is 0 Å². The molecule has 0 atom stereocenters. The van der Waals surface area contributed by atoms with Crippen LogP contribution in [0.25, 0.3) is 0 Å². The third-order valence-electron chi connectivity index (χ3n) is 2.38. The highest BCUT2D eigenvalue weighted by Gasteiger charge is 2.24. The van der Waals surface area contributed by atoms with Gasteiger partial charge in [0.25, 0.3) is 0 Å². The molecule has 0 saturated heterocycles. The van der Waals surface area contributed by atoms with E-state index in [1.54, 1.807) is 0 Å². The van der Waals surface area contributed by atoms with Crippen LogP contribution in [0.4, 0.5) is 0 Å². The van der Waals surface area contributed by atoms with Crippen molar-refractivity contribution >= 4 is 0 Å². The molecule has 4 heteroatoms. The van der Waals surface area contributed by atoms with E-state index in [4.69, 9.17) is 4.52 Å². The van der Waals surface area contributed by atoms with Crippen molar-refractivity contribution in [3.8, 4) is 0 Å². The summed E-state index contributed by atoms with van der Waals surface area (Å²) in [6, 6.07) is 0. The quantitative estimate of drug-likeness (QED) is 0.783. The third kappa shape index (κ3) is 2.54. The SMILES string of the molecule is CCCCc1noc(C(C)(C)NC)n1. The summed E-state index contributed by atoms with van der Waals surface area (Å²) < 4.78 is 5.19. The predicted molar refractivity (Wildman–Crippen MR) is 55.0 cm³/mol. The summed E-state index contributed by atoms with van der Waals surface area (Å²) in [4.78, 5) is 4.35. The highest BCUT2D eigenvalue weighted by Crippen LogP contribution is 2.17. The molecule has 0 aliphatic heterocycles. The number of unbranched alkanes of at least 4 members (excludes halogenated alkanes) is 1. The van der Waals surface area contributed by atoms with Gasteiger partial charge in [-0.1, -0.05) is 18.5 Å². The highest BCUT2D eigenvalue weighted by molar-refractivity contribution is 4.98. The van der Waals surface area contributed by atoms with E-state index in [1.165, 1.54) is 0 Å². The number of aryl methyl sites for hydroxylation is 1. The first-order chi connectivity index (χ1) is 6.60. The minimum absolute atomic E-state index is 0.239. The molecular weight excluding hydrogens is 178 g/mol. The van der Waals surface area contributed by atoms with Crippen molar-refractivity contribution in [1.29, 1.82) is 0 Å². The van der Waals surface area contributed by atoms with Crippen LogP contribution in [0.3, 0.4) is 0 Å². The summed E-state index contributed by atoms with van der Waals surface area (Å²) in [5.41, 5.74) is -0.239. The fraction of sp³-hybridized carbons (Fsp3) is 0.800. The van der Waals surface area contributed by atoms with Crippen molar-refractivity contribution in [2.24, 2.45) is 0 Å². The zero-order valence-corrected chi connectivity index (χ0v) is 9.42. The van der Waals surface area contributed by atoms with E-state index in [1.807, 2.05) is 20.9 Å². The van der Waals surface area contributed by atoms with Crippen LogP contribution in [0.2, 0.25) is 0 Å². The van der Waals surface area contributed by atoms with Gasteiger partial charge in [-0.25, -0.2) is 0 Å². The summed E-state index contributed by atoms with van der Waals surface area (Å²) in [6.45, 7) is 6.19. The van der Waals surface area contributed by atoms with Crippen LogP contribution in [0.1, 0.15) is 45.3 Å². The van der Waals surface area contributed by atoms with Crippen LogP contribution < -0.4 is 5.32 Å². The predicted octanol–water partition coefficient (Wildman–Crippen LogP) is 1.87. The van der Waals surface area contributed by atoms with E-state index in [0.29, 0.717) is 5.89 Å². The van der Waals surface area contributed by atoms with Crippen molar-refractivity contribution < 1.29 is 4.52 Å². The number of hydrogen-bond donors (Lipinski definition) is 1. The van der Waals surface area contributed by atoms with Gasteiger partial charge in [-0.15, -0.1) is 0 Å². The standard InChI is InChI=1S/C10H19N3O/c1-5-6-7-8-12-9(14-13-8)10(2,3)11-4/h11H,5-7H2,1-4H3. The fourth-order valence-corrected chi connectivity index (χ4v) is 1.05. The third-order valence-corrected chi connectivity index (χ3v) is 2.38. The first-order valence-electron chi connectivity index (χ1n) is 5.12. The molecule has 0 aliphatic rings. The van der Waals surface area contributed by atoms with Crippen LogP contribution in [-0.2, 0) is 12.0 Å². The molecule has 0 radical (unpaired) electrons. The Morgan fingerprint density at radius 2 is 2.14 bits per heavy atom. The molecule has 0 aromatic carbocycles. The molecule has 0 aliphatic carbocycles. The monoisotopic (exact) mass is 197 g/mol. The summed E-state index contributed by atoms with van der Waals surface area (Å²) in [5, 5.41) is 7.07. The van der Waals surface area contributed by atoms with Gasteiger partial charge >= 0.3 is 0 Å². The smallest absolute Gasteiger partial charge is 0.246 e. The molecule has 0 amide bonds. The van der Waals surface area contributed by atoms with Crippen molar-refractivity contribution in [1.82, 2.24) is 15.5 Å². The van der Waals surface area contributed by atoms with Crippen LogP contribution >= 0.6 is 0 Å².